The SMILES string of the molecule is COC(=O)c1c(Cc2ccc(S(=O)(=O)N3CCNCC3C(=O)OCCCCF)cc2)c(=O)c2ccc(C)nc2n1-c1ccccc1. The highest BCUT2D eigenvalue weighted by atomic mass is 32.2. The van der Waals surface area contributed by atoms with Crippen molar-refractivity contribution in [2.75, 3.05) is 40.0 Å². The van der Waals surface area contributed by atoms with Crippen LogP contribution in [0.15, 0.2) is 76.4 Å². The maximum absolute atomic E-state index is 13.9. The average Bonchev–Trinajstić information content (AvgIpc) is 3.07. The maximum atomic E-state index is 13.9. The zero-order valence-corrected chi connectivity index (χ0v) is 26.4. The molecule has 4 aromatic rings. The van der Waals surface area contributed by atoms with E-state index in [-0.39, 0.29) is 54.1 Å². The summed E-state index contributed by atoms with van der Waals surface area (Å²) in [5.74, 6) is -1.42. The van der Waals surface area contributed by atoms with Gasteiger partial charge in [0.25, 0.3) is 0 Å². The monoisotopic (exact) mass is 650 g/mol. The number of esters is 2. The second-order valence-electron chi connectivity index (χ2n) is 10.9. The zero-order valence-electron chi connectivity index (χ0n) is 25.6. The molecule has 0 radical (unpaired) electrons. The van der Waals surface area contributed by atoms with Crippen molar-refractivity contribution in [3.63, 3.8) is 0 Å². The normalized spacial score (nSPS) is 15.5. The summed E-state index contributed by atoms with van der Waals surface area (Å²) in [6, 6.07) is 17.4. The van der Waals surface area contributed by atoms with E-state index in [0.29, 0.717) is 40.9 Å². The highest BCUT2D eigenvalue weighted by Crippen LogP contribution is 2.25. The number of fused-ring (bicyclic) bond motifs is 1. The van der Waals surface area contributed by atoms with Crippen LogP contribution in [0.25, 0.3) is 16.7 Å². The molecule has 242 valence electrons. The lowest BCUT2D eigenvalue weighted by Crippen LogP contribution is -2.57. The Morgan fingerprint density at radius 3 is 2.48 bits per heavy atom. The molecule has 1 unspecified atom stereocenters. The van der Waals surface area contributed by atoms with Crippen LogP contribution in [0.5, 0.6) is 0 Å². The molecule has 3 heterocycles. The number of alkyl halides is 1. The van der Waals surface area contributed by atoms with Gasteiger partial charge in [-0.1, -0.05) is 30.3 Å². The number of hydrogen-bond donors (Lipinski definition) is 1. The van der Waals surface area contributed by atoms with Gasteiger partial charge in [0.2, 0.25) is 10.0 Å². The van der Waals surface area contributed by atoms with Gasteiger partial charge in [-0.25, -0.2) is 18.2 Å². The van der Waals surface area contributed by atoms with Gasteiger partial charge in [0.1, 0.15) is 17.4 Å². The first-order valence-electron chi connectivity index (χ1n) is 14.9. The summed E-state index contributed by atoms with van der Waals surface area (Å²) in [5.41, 5.74) is 1.96. The van der Waals surface area contributed by atoms with E-state index >= 15 is 0 Å². The van der Waals surface area contributed by atoms with Gasteiger partial charge in [-0.3, -0.25) is 18.5 Å². The Balaban J connectivity index is 1.51. The van der Waals surface area contributed by atoms with E-state index in [4.69, 9.17) is 9.47 Å². The first kappa shape index (κ1) is 32.9. The van der Waals surface area contributed by atoms with Crippen LogP contribution in [0.1, 0.15) is 40.2 Å². The largest absolute Gasteiger partial charge is 0.464 e. The number of ether oxygens (including phenoxy) is 2. The Bertz CT molecular complexity index is 1900. The van der Waals surface area contributed by atoms with Crippen LogP contribution in [-0.2, 0) is 30.7 Å². The van der Waals surface area contributed by atoms with Crippen LogP contribution in [0.4, 0.5) is 4.39 Å². The molecule has 5 rings (SSSR count). The number of carbonyl (C=O) groups excluding carboxylic acids is 2. The highest BCUT2D eigenvalue weighted by molar-refractivity contribution is 7.89. The van der Waals surface area contributed by atoms with Gasteiger partial charge in [-0.05, 0) is 61.7 Å². The Kier molecular flexibility index (Phi) is 10.2. The molecule has 0 aliphatic carbocycles. The van der Waals surface area contributed by atoms with Gasteiger partial charge < -0.3 is 14.8 Å². The topological polar surface area (TPSA) is 137 Å². The molecule has 1 saturated heterocycles. The number of methoxy groups -OCH3 is 1. The van der Waals surface area contributed by atoms with Gasteiger partial charge in [0.05, 0.1) is 30.7 Å². The minimum Gasteiger partial charge on any atom is -0.464 e. The third-order valence-electron chi connectivity index (χ3n) is 7.80. The number of nitrogens with zero attached hydrogens (tertiary/aromatic N) is 3. The molecule has 13 heteroatoms. The Labute approximate surface area is 266 Å². The van der Waals surface area contributed by atoms with Gasteiger partial charge in [0.15, 0.2) is 5.43 Å². The lowest BCUT2D eigenvalue weighted by atomic mass is 10.00. The number of para-hydroxylation sites is 1. The number of aryl methyl sites for hydroxylation is 1. The number of pyridine rings is 2. The van der Waals surface area contributed by atoms with Crippen molar-refractivity contribution in [2.24, 2.45) is 0 Å². The number of unbranched alkanes of at least 4 members (excludes halogenated alkanes) is 1. The minimum atomic E-state index is -4.11. The summed E-state index contributed by atoms with van der Waals surface area (Å²) in [4.78, 5) is 44.5. The first-order chi connectivity index (χ1) is 22.2. The molecule has 46 heavy (non-hydrogen) atoms. The number of carbonyl (C=O) groups is 2. The molecule has 0 amide bonds. The van der Waals surface area contributed by atoms with Gasteiger partial charge in [-0.15, -0.1) is 0 Å². The summed E-state index contributed by atoms with van der Waals surface area (Å²) in [6.45, 7) is 1.76. The van der Waals surface area contributed by atoms with E-state index in [1.807, 2.05) is 18.2 Å². The van der Waals surface area contributed by atoms with Crippen molar-refractivity contribution in [3.8, 4) is 5.69 Å². The Hall–Kier alpha value is -4.46. The molecule has 11 nitrogen and oxygen atoms in total. The lowest BCUT2D eigenvalue weighted by Gasteiger charge is -2.33. The molecule has 1 aliphatic rings. The van der Waals surface area contributed by atoms with Gasteiger partial charge >= 0.3 is 11.9 Å². The van der Waals surface area contributed by atoms with Crippen molar-refractivity contribution >= 4 is 33.0 Å². The van der Waals surface area contributed by atoms with E-state index in [1.54, 1.807) is 47.9 Å². The number of benzene rings is 2. The summed E-state index contributed by atoms with van der Waals surface area (Å²) in [6.07, 6.45) is 0.599. The van der Waals surface area contributed by atoms with Crippen molar-refractivity contribution in [3.05, 3.63) is 99.5 Å². The fraction of sp³-hybridized carbons (Fsp3) is 0.333. The number of nitrogens with one attached hydrogen (secondary N) is 1. The number of hydrogen-bond acceptors (Lipinski definition) is 9. The minimum absolute atomic E-state index is 0.00170. The predicted octanol–water partition coefficient (Wildman–Crippen LogP) is 3.33. The second-order valence-corrected chi connectivity index (χ2v) is 12.8. The van der Waals surface area contributed by atoms with E-state index in [0.717, 1.165) is 4.31 Å². The van der Waals surface area contributed by atoms with Crippen LogP contribution < -0.4 is 10.7 Å². The van der Waals surface area contributed by atoms with Crippen molar-refractivity contribution < 1.29 is 31.9 Å². The number of halogens is 1. The molecular weight excluding hydrogens is 615 g/mol. The number of sulfonamides is 1. The smallest absolute Gasteiger partial charge is 0.355 e. The zero-order chi connectivity index (χ0) is 32.8. The summed E-state index contributed by atoms with van der Waals surface area (Å²) < 4.78 is 52.9. The molecule has 0 saturated carbocycles. The summed E-state index contributed by atoms with van der Waals surface area (Å²) in [7, 11) is -2.87. The Morgan fingerprint density at radius 2 is 1.78 bits per heavy atom. The molecule has 0 bridgehead atoms. The van der Waals surface area contributed by atoms with Crippen LogP contribution in [0.2, 0.25) is 0 Å². The van der Waals surface area contributed by atoms with E-state index in [9.17, 15) is 27.2 Å². The summed E-state index contributed by atoms with van der Waals surface area (Å²) >= 11 is 0. The predicted molar refractivity (Wildman–Crippen MR) is 169 cm³/mol. The highest BCUT2D eigenvalue weighted by Gasteiger charge is 2.38. The fourth-order valence-corrected chi connectivity index (χ4v) is 7.04. The molecule has 1 aliphatic heterocycles. The van der Waals surface area contributed by atoms with E-state index in [1.165, 1.54) is 19.2 Å². The lowest BCUT2D eigenvalue weighted by molar-refractivity contribution is -0.148. The van der Waals surface area contributed by atoms with Crippen molar-refractivity contribution in [1.29, 1.82) is 0 Å². The summed E-state index contributed by atoms with van der Waals surface area (Å²) in [5, 5.41) is 3.34. The molecule has 1 fully saturated rings. The van der Waals surface area contributed by atoms with E-state index < -0.39 is 34.7 Å². The molecule has 2 aromatic heterocycles. The second kappa shape index (κ2) is 14.3. The fourth-order valence-electron chi connectivity index (χ4n) is 5.46. The van der Waals surface area contributed by atoms with Crippen LogP contribution in [-0.4, -0.2) is 80.3 Å². The van der Waals surface area contributed by atoms with Crippen molar-refractivity contribution in [2.45, 2.75) is 37.1 Å². The molecule has 1 atom stereocenters. The molecule has 0 spiro atoms. The van der Waals surface area contributed by atoms with Gasteiger partial charge in [-0.2, -0.15) is 4.31 Å². The molecule has 1 N–H and O–H groups in total. The van der Waals surface area contributed by atoms with E-state index in [2.05, 4.69) is 10.3 Å². The third-order valence-corrected chi connectivity index (χ3v) is 9.72. The Morgan fingerprint density at radius 1 is 1.04 bits per heavy atom. The van der Waals surface area contributed by atoms with Crippen LogP contribution in [0, 0.1) is 6.92 Å². The standard InChI is InChI=1S/C33H35FN4O7S/c1-22-10-15-26-30(39)27(29(33(41)44-2)38(31(26)36-22)24-8-4-3-5-9-24)20-23-11-13-25(14-12-23)46(42,43)37-18-17-35-21-28(37)32(40)45-19-7-6-16-34/h3-5,8-15,28,35H,6-7,16-21H2,1-2H3. The number of rotatable bonds is 11. The molecule has 2 aromatic carbocycles. The van der Waals surface area contributed by atoms with Crippen molar-refractivity contribution in [1.82, 2.24) is 19.2 Å². The number of piperazine rings is 1. The average molecular weight is 651 g/mol. The first-order valence-corrected chi connectivity index (χ1v) is 16.3. The van der Waals surface area contributed by atoms with Crippen LogP contribution in [0.3, 0.4) is 0 Å². The number of aromatic nitrogens is 2. The molecular formula is C33H35FN4O7S. The van der Waals surface area contributed by atoms with Gasteiger partial charge in [0, 0.05) is 43.0 Å². The van der Waals surface area contributed by atoms with Crippen LogP contribution >= 0.6 is 0 Å². The quantitative estimate of drug-likeness (QED) is 0.192. The maximum Gasteiger partial charge on any atom is 0.355 e. The third kappa shape index (κ3) is 6.71.